The van der Waals surface area contributed by atoms with E-state index in [0.29, 0.717) is 6.54 Å². The van der Waals surface area contributed by atoms with Crippen molar-refractivity contribution in [3.63, 3.8) is 0 Å². The topological polar surface area (TPSA) is 55.8 Å². The van der Waals surface area contributed by atoms with Gasteiger partial charge >= 0.3 is 0 Å². The molecule has 1 aromatic rings. The number of amides is 1. The Labute approximate surface area is 118 Å². The third-order valence-corrected chi connectivity index (χ3v) is 3.49. The van der Waals surface area contributed by atoms with Gasteiger partial charge < -0.3 is 15.3 Å². The molecule has 0 aromatic heterocycles. The van der Waals surface area contributed by atoms with E-state index in [1.807, 2.05) is 0 Å². The lowest BCUT2D eigenvalue weighted by atomic mass is 10.2. The molecule has 0 unspecified atom stereocenters. The highest BCUT2D eigenvalue weighted by atomic mass is 19.1. The number of nitrogens with one attached hydrogen (secondary N) is 1. The van der Waals surface area contributed by atoms with Crippen LogP contribution in [0.2, 0.25) is 0 Å². The molecule has 1 fully saturated rings. The van der Waals surface area contributed by atoms with Crippen molar-refractivity contribution < 1.29 is 14.3 Å². The van der Waals surface area contributed by atoms with Crippen molar-refractivity contribution in [3.05, 3.63) is 29.6 Å². The van der Waals surface area contributed by atoms with E-state index in [1.54, 1.807) is 7.05 Å². The third-order valence-electron chi connectivity index (χ3n) is 3.49. The van der Waals surface area contributed by atoms with Crippen LogP contribution in [0.3, 0.4) is 0 Å². The molecule has 0 atom stereocenters. The summed E-state index contributed by atoms with van der Waals surface area (Å²) in [5.74, 6) is -1.23. The van der Waals surface area contributed by atoms with E-state index in [-0.39, 0.29) is 17.2 Å². The Morgan fingerprint density at radius 3 is 2.80 bits per heavy atom. The lowest BCUT2D eigenvalue weighted by Gasteiger charge is -2.29. The predicted octanol–water partition coefficient (Wildman–Crippen LogP) is 0.508. The summed E-state index contributed by atoms with van der Waals surface area (Å²) in [6, 6.07) is 3.59. The lowest BCUT2D eigenvalue weighted by molar-refractivity contribution is 0.0770. The largest absolute Gasteiger partial charge is 0.508 e. The zero-order valence-electron chi connectivity index (χ0n) is 11.6. The molecular weight excluding hydrogens is 261 g/mol. The Morgan fingerprint density at radius 1 is 1.45 bits per heavy atom. The molecule has 1 aliphatic rings. The molecule has 0 bridgehead atoms. The molecule has 0 aliphatic carbocycles. The second kappa shape index (κ2) is 6.67. The maximum absolute atomic E-state index is 13.6. The van der Waals surface area contributed by atoms with Gasteiger partial charge in [-0.05, 0) is 12.1 Å². The van der Waals surface area contributed by atoms with Gasteiger partial charge in [-0.1, -0.05) is 0 Å². The van der Waals surface area contributed by atoms with Crippen molar-refractivity contribution >= 4 is 5.91 Å². The number of likely N-dealkylation sites (N-methyl/N-ethyl adjacent to an activating group) is 1. The predicted molar refractivity (Wildman–Crippen MR) is 74.3 cm³/mol. The van der Waals surface area contributed by atoms with Gasteiger partial charge in [0.15, 0.2) is 0 Å². The van der Waals surface area contributed by atoms with Crippen LogP contribution in [0.4, 0.5) is 4.39 Å². The van der Waals surface area contributed by atoms with Crippen LogP contribution in [0.15, 0.2) is 18.2 Å². The summed E-state index contributed by atoms with van der Waals surface area (Å²) in [6.07, 6.45) is 0. The number of halogens is 1. The highest BCUT2D eigenvalue weighted by Gasteiger charge is 2.17. The van der Waals surface area contributed by atoms with Crippen LogP contribution >= 0.6 is 0 Å². The smallest absolute Gasteiger partial charge is 0.256 e. The molecule has 0 spiro atoms. The number of rotatable bonds is 4. The van der Waals surface area contributed by atoms with Gasteiger partial charge in [0, 0.05) is 52.4 Å². The molecule has 1 saturated heterocycles. The molecule has 1 aromatic carbocycles. The van der Waals surface area contributed by atoms with Crippen LogP contribution in [0.1, 0.15) is 10.4 Å². The first-order chi connectivity index (χ1) is 9.58. The summed E-state index contributed by atoms with van der Waals surface area (Å²) in [6.45, 7) is 5.20. The monoisotopic (exact) mass is 281 g/mol. The molecule has 5 nitrogen and oxygen atoms in total. The first-order valence-electron chi connectivity index (χ1n) is 6.75. The van der Waals surface area contributed by atoms with E-state index in [9.17, 15) is 9.18 Å². The summed E-state index contributed by atoms with van der Waals surface area (Å²) < 4.78 is 13.6. The van der Waals surface area contributed by atoms with E-state index in [2.05, 4.69) is 10.2 Å². The fourth-order valence-electron chi connectivity index (χ4n) is 2.21. The normalized spacial score (nSPS) is 16.1. The highest BCUT2D eigenvalue weighted by molar-refractivity contribution is 5.94. The average molecular weight is 281 g/mol. The van der Waals surface area contributed by atoms with Crippen LogP contribution < -0.4 is 5.32 Å². The summed E-state index contributed by atoms with van der Waals surface area (Å²) in [7, 11) is 1.66. The minimum atomic E-state index is -0.691. The zero-order chi connectivity index (χ0) is 14.5. The van der Waals surface area contributed by atoms with Crippen LogP contribution in [0, 0.1) is 5.82 Å². The Balaban J connectivity index is 1.90. The van der Waals surface area contributed by atoms with Crippen LogP contribution in [0.5, 0.6) is 5.75 Å². The minimum absolute atomic E-state index is 0.00869. The number of piperazine rings is 1. The number of phenolic OH excluding ortho intramolecular Hbond substituents is 1. The van der Waals surface area contributed by atoms with Crippen LogP contribution in [0.25, 0.3) is 0 Å². The van der Waals surface area contributed by atoms with Gasteiger partial charge in [0.25, 0.3) is 5.91 Å². The molecule has 20 heavy (non-hydrogen) atoms. The van der Waals surface area contributed by atoms with Gasteiger partial charge in [0.1, 0.15) is 11.6 Å². The van der Waals surface area contributed by atoms with Crippen molar-refractivity contribution in [2.45, 2.75) is 0 Å². The first-order valence-corrected chi connectivity index (χ1v) is 6.75. The van der Waals surface area contributed by atoms with Gasteiger partial charge in [0.05, 0.1) is 5.56 Å². The van der Waals surface area contributed by atoms with Crippen molar-refractivity contribution in [2.75, 3.05) is 46.3 Å². The van der Waals surface area contributed by atoms with Gasteiger partial charge in [-0.2, -0.15) is 0 Å². The van der Waals surface area contributed by atoms with E-state index < -0.39 is 5.82 Å². The molecule has 6 heteroatoms. The van der Waals surface area contributed by atoms with E-state index in [4.69, 9.17) is 5.11 Å². The Bertz CT molecular complexity index is 475. The SMILES string of the molecule is CN(CCN1CCNCC1)C(=O)c1ccc(O)cc1F. The molecule has 1 aliphatic heterocycles. The Kier molecular flexibility index (Phi) is 4.92. The van der Waals surface area contributed by atoms with Crippen molar-refractivity contribution in [1.82, 2.24) is 15.1 Å². The fourth-order valence-corrected chi connectivity index (χ4v) is 2.21. The van der Waals surface area contributed by atoms with Gasteiger partial charge in [-0.15, -0.1) is 0 Å². The summed E-state index contributed by atoms with van der Waals surface area (Å²) in [5, 5.41) is 12.4. The Hall–Kier alpha value is -1.66. The molecule has 0 saturated carbocycles. The maximum atomic E-state index is 13.6. The van der Waals surface area contributed by atoms with Gasteiger partial charge in [-0.25, -0.2) is 4.39 Å². The van der Waals surface area contributed by atoms with Crippen LogP contribution in [-0.4, -0.2) is 67.1 Å². The summed E-state index contributed by atoms with van der Waals surface area (Å²) >= 11 is 0. The number of hydrogen-bond acceptors (Lipinski definition) is 4. The number of benzene rings is 1. The number of carbonyl (C=O) groups is 1. The zero-order valence-corrected chi connectivity index (χ0v) is 11.6. The van der Waals surface area contributed by atoms with Gasteiger partial charge in [-0.3, -0.25) is 9.69 Å². The molecule has 2 N–H and O–H groups in total. The maximum Gasteiger partial charge on any atom is 0.256 e. The summed E-state index contributed by atoms with van der Waals surface area (Å²) in [4.78, 5) is 15.9. The number of carbonyl (C=O) groups excluding carboxylic acids is 1. The van der Waals surface area contributed by atoms with Crippen LogP contribution in [-0.2, 0) is 0 Å². The second-order valence-corrected chi connectivity index (χ2v) is 4.98. The number of nitrogens with zero attached hydrogens (tertiary/aromatic N) is 2. The number of phenols is 1. The molecule has 1 amide bonds. The number of aromatic hydroxyl groups is 1. The first kappa shape index (κ1) is 14.7. The second-order valence-electron chi connectivity index (χ2n) is 4.98. The van der Waals surface area contributed by atoms with E-state index in [0.717, 1.165) is 38.8 Å². The molecule has 0 radical (unpaired) electrons. The summed E-state index contributed by atoms with van der Waals surface area (Å²) in [5.41, 5.74) is -0.00869. The van der Waals surface area contributed by atoms with Crippen molar-refractivity contribution in [2.24, 2.45) is 0 Å². The fraction of sp³-hybridized carbons (Fsp3) is 0.500. The van der Waals surface area contributed by atoms with Crippen molar-refractivity contribution in [1.29, 1.82) is 0 Å². The third kappa shape index (κ3) is 3.68. The Morgan fingerprint density at radius 2 is 2.15 bits per heavy atom. The van der Waals surface area contributed by atoms with Crippen molar-refractivity contribution in [3.8, 4) is 5.75 Å². The molecule has 2 rings (SSSR count). The van der Waals surface area contributed by atoms with E-state index >= 15 is 0 Å². The lowest BCUT2D eigenvalue weighted by Crippen LogP contribution is -2.46. The molecule has 110 valence electrons. The van der Waals surface area contributed by atoms with Gasteiger partial charge in [0.2, 0.25) is 0 Å². The molecule has 1 heterocycles. The highest BCUT2D eigenvalue weighted by Crippen LogP contribution is 2.16. The number of hydrogen-bond donors (Lipinski definition) is 2. The molecular formula is C14H20FN3O2. The van der Waals surface area contributed by atoms with E-state index in [1.165, 1.54) is 17.0 Å². The standard InChI is InChI=1S/C14H20FN3O2/c1-17(8-9-18-6-4-16-5-7-18)14(20)12-3-2-11(19)10-13(12)15/h2-3,10,16,19H,4-9H2,1H3. The minimum Gasteiger partial charge on any atom is -0.508 e. The average Bonchev–Trinajstić information content (AvgIpc) is 2.45. The quantitative estimate of drug-likeness (QED) is 0.844.